The molecule has 1 fully saturated rings. The van der Waals surface area contributed by atoms with Crippen LogP contribution in [0.1, 0.15) is 31.4 Å². The highest BCUT2D eigenvalue weighted by molar-refractivity contribution is 8.00. The molecule has 3 aromatic heterocycles. The van der Waals surface area contributed by atoms with Crippen LogP contribution >= 0.6 is 11.8 Å². The first-order valence-corrected chi connectivity index (χ1v) is 11.4. The number of hydrogen-bond donors (Lipinski definition) is 0. The van der Waals surface area contributed by atoms with Gasteiger partial charge in [-0.15, -0.1) is 0 Å². The second-order valence-electron chi connectivity index (χ2n) is 6.81. The van der Waals surface area contributed by atoms with Crippen LogP contribution < -0.4 is 0 Å². The Morgan fingerprint density at radius 1 is 1.24 bits per heavy atom. The van der Waals surface area contributed by atoms with E-state index in [1.54, 1.807) is 30.7 Å². The van der Waals surface area contributed by atoms with Crippen LogP contribution in [0.3, 0.4) is 0 Å². The summed E-state index contributed by atoms with van der Waals surface area (Å²) in [6.07, 6.45) is 3.30. The Balaban J connectivity index is 1.89. The summed E-state index contributed by atoms with van der Waals surface area (Å²) in [7, 11) is -1.91. The molecule has 0 aromatic carbocycles. The molecule has 0 bridgehead atoms. The smallest absolute Gasteiger partial charge is 0.324 e. The van der Waals surface area contributed by atoms with Gasteiger partial charge in [-0.1, -0.05) is 6.92 Å². The molecule has 0 unspecified atom stereocenters. The number of nitrogens with zero attached hydrogens (tertiary/aromatic N) is 4. The highest BCUT2D eigenvalue weighted by atomic mass is 32.2. The van der Waals surface area contributed by atoms with E-state index in [0.29, 0.717) is 17.0 Å². The Bertz CT molecular complexity index is 1200. The number of thioether (sulfide) groups is 1. The van der Waals surface area contributed by atoms with Crippen molar-refractivity contribution in [3.8, 4) is 11.5 Å². The average molecular weight is 442 g/mol. The number of hydrogen-bond acceptors (Lipinski definition) is 6. The molecule has 0 spiro atoms. The summed E-state index contributed by atoms with van der Waals surface area (Å²) in [5.41, 5.74) is -2.65. The second-order valence-corrected chi connectivity index (χ2v) is 10.1. The van der Waals surface area contributed by atoms with Gasteiger partial charge in [0.25, 0.3) is 0 Å². The number of pyridine rings is 2. The fraction of sp³-hybridized carbons (Fsp3) is 0.389. The van der Waals surface area contributed by atoms with Crippen molar-refractivity contribution in [2.75, 3.05) is 5.75 Å². The van der Waals surface area contributed by atoms with Gasteiger partial charge in [0.05, 0.1) is 27.9 Å². The molecule has 11 heteroatoms. The SMILES string of the molecule is CCS(=O)(=O)c1ccc(C2CC2)nc1-c1nc2cc(SC(F)(F)F)ncc2n1C. The van der Waals surface area contributed by atoms with Crippen LogP contribution in [0.25, 0.3) is 22.6 Å². The van der Waals surface area contributed by atoms with Crippen molar-refractivity contribution >= 4 is 32.6 Å². The first kappa shape index (κ1) is 20.1. The van der Waals surface area contributed by atoms with Crippen LogP contribution in [-0.2, 0) is 16.9 Å². The van der Waals surface area contributed by atoms with E-state index in [0.717, 1.165) is 18.5 Å². The molecule has 0 amide bonds. The van der Waals surface area contributed by atoms with Crippen LogP contribution in [0.15, 0.2) is 34.3 Å². The lowest BCUT2D eigenvalue weighted by Crippen LogP contribution is -2.09. The van der Waals surface area contributed by atoms with E-state index in [1.807, 2.05) is 0 Å². The van der Waals surface area contributed by atoms with E-state index in [-0.39, 0.29) is 39.0 Å². The molecule has 0 saturated heterocycles. The van der Waals surface area contributed by atoms with Gasteiger partial charge in [0.2, 0.25) is 0 Å². The van der Waals surface area contributed by atoms with Crippen LogP contribution in [0.4, 0.5) is 13.2 Å². The summed E-state index contributed by atoms with van der Waals surface area (Å²) in [5.74, 6) is 0.492. The number of aryl methyl sites for hydroxylation is 1. The minimum atomic E-state index is -4.46. The normalized spacial score (nSPS) is 15.2. The molecular formula is C18H17F3N4O2S2. The second kappa shape index (κ2) is 6.98. The molecule has 1 saturated carbocycles. The first-order valence-electron chi connectivity index (χ1n) is 8.91. The molecule has 154 valence electrons. The van der Waals surface area contributed by atoms with Crippen molar-refractivity contribution in [1.29, 1.82) is 0 Å². The Hall–Kier alpha value is -2.14. The molecule has 0 N–H and O–H groups in total. The predicted molar refractivity (Wildman–Crippen MR) is 103 cm³/mol. The number of rotatable bonds is 5. The van der Waals surface area contributed by atoms with Crippen LogP contribution in [-0.4, -0.2) is 39.2 Å². The lowest BCUT2D eigenvalue weighted by molar-refractivity contribution is -0.0329. The van der Waals surface area contributed by atoms with Gasteiger partial charge in [-0.05, 0) is 31.0 Å². The highest BCUT2D eigenvalue weighted by Gasteiger charge is 2.31. The number of halogens is 3. The first-order chi connectivity index (χ1) is 13.6. The molecule has 29 heavy (non-hydrogen) atoms. The zero-order valence-corrected chi connectivity index (χ0v) is 17.2. The summed E-state index contributed by atoms with van der Waals surface area (Å²) in [6, 6.07) is 4.53. The van der Waals surface area contributed by atoms with Crippen LogP contribution in [0.5, 0.6) is 0 Å². The van der Waals surface area contributed by atoms with E-state index in [2.05, 4.69) is 15.0 Å². The summed E-state index contributed by atoms with van der Waals surface area (Å²) in [6.45, 7) is 1.55. The van der Waals surface area contributed by atoms with Crippen molar-refractivity contribution in [2.45, 2.75) is 41.1 Å². The topological polar surface area (TPSA) is 77.7 Å². The number of fused-ring (bicyclic) bond motifs is 1. The molecule has 1 aliphatic rings. The molecule has 0 aliphatic heterocycles. The van der Waals surface area contributed by atoms with E-state index in [9.17, 15) is 21.6 Å². The zero-order chi connectivity index (χ0) is 21.0. The highest BCUT2D eigenvalue weighted by Crippen LogP contribution is 2.41. The predicted octanol–water partition coefficient (Wildman–Crippen LogP) is 4.31. The third-order valence-corrected chi connectivity index (χ3v) is 7.19. The van der Waals surface area contributed by atoms with Gasteiger partial charge >= 0.3 is 5.51 Å². The summed E-state index contributed by atoms with van der Waals surface area (Å²) < 4.78 is 64.8. The van der Waals surface area contributed by atoms with Crippen LogP contribution in [0.2, 0.25) is 0 Å². The third-order valence-electron chi connectivity index (χ3n) is 4.76. The Morgan fingerprint density at radius 2 is 1.97 bits per heavy atom. The van der Waals surface area contributed by atoms with E-state index < -0.39 is 15.3 Å². The van der Waals surface area contributed by atoms with Crippen molar-refractivity contribution in [2.24, 2.45) is 7.05 Å². The maximum atomic E-state index is 12.7. The molecule has 6 nitrogen and oxygen atoms in total. The largest absolute Gasteiger partial charge is 0.447 e. The number of aromatic nitrogens is 4. The number of alkyl halides is 3. The van der Waals surface area contributed by atoms with Gasteiger partial charge < -0.3 is 4.57 Å². The molecule has 3 aromatic rings. The van der Waals surface area contributed by atoms with Crippen molar-refractivity contribution < 1.29 is 21.6 Å². The molecule has 0 atom stereocenters. The molecule has 3 heterocycles. The van der Waals surface area contributed by atoms with Gasteiger partial charge in [-0.2, -0.15) is 13.2 Å². The Kier molecular flexibility index (Phi) is 4.85. The van der Waals surface area contributed by atoms with Gasteiger partial charge in [0.15, 0.2) is 15.7 Å². The number of imidazole rings is 1. The van der Waals surface area contributed by atoms with Crippen molar-refractivity contribution in [3.63, 3.8) is 0 Å². The van der Waals surface area contributed by atoms with E-state index >= 15 is 0 Å². The lowest BCUT2D eigenvalue weighted by Gasteiger charge is -2.10. The third kappa shape index (κ3) is 3.97. The van der Waals surface area contributed by atoms with Crippen molar-refractivity contribution in [1.82, 2.24) is 19.5 Å². The maximum Gasteiger partial charge on any atom is 0.447 e. The molecule has 4 rings (SSSR count). The molecule has 0 radical (unpaired) electrons. The summed E-state index contributed by atoms with van der Waals surface area (Å²) in [4.78, 5) is 12.9. The minimum Gasteiger partial charge on any atom is -0.324 e. The zero-order valence-electron chi connectivity index (χ0n) is 15.6. The summed E-state index contributed by atoms with van der Waals surface area (Å²) >= 11 is -0.320. The van der Waals surface area contributed by atoms with E-state index in [4.69, 9.17) is 0 Å². The molecular weight excluding hydrogens is 425 g/mol. The Labute approximate surface area is 169 Å². The lowest BCUT2D eigenvalue weighted by atomic mass is 10.2. The quantitative estimate of drug-likeness (QED) is 0.548. The minimum absolute atomic E-state index is 0.0701. The van der Waals surface area contributed by atoms with Gasteiger partial charge in [0, 0.05) is 30.4 Å². The van der Waals surface area contributed by atoms with E-state index in [1.165, 1.54) is 12.3 Å². The van der Waals surface area contributed by atoms with Crippen LogP contribution in [0, 0.1) is 0 Å². The fourth-order valence-electron chi connectivity index (χ4n) is 3.09. The van der Waals surface area contributed by atoms with Gasteiger partial charge in [-0.25, -0.2) is 23.4 Å². The monoisotopic (exact) mass is 442 g/mol. The standard InChI is InChI=1S/C18H17F3N4O2S2/c1-3-29(26,27)14-7-6-11(10-4-5-10)23-16(14)17-24-12-8-15(28-18(19,20)21)22-9-13(12)25(17)2/h6-10H,3-5H2,1-2H3. The maximum absolute atomic E-state index is 12.7. The Morgan fingerprint density at radius 3 is 2.59 bits per heavy atom. The average Bonchev–Trinajstić information content (AvgIpc) is 3.44. The number of sulfone groups is 1. The van der Waals surface area contributed by atoms with Gasteiger partial charge in [0.1, 0.15) is 10.7 Å². The summed E-state index contributed by atoms with van der Waals surface area (Å²) in [5, 5.41) is -0.226. The van der Waals surface area contributed by atoms with Crippen molar-refractivity contribution in [3.05, 3.63) is 30.1 Å². The fourth-order valence-corrected chi connectivity index (χ4v) is 4.62. The van der Waals surface area contributed by atoms with Gasteiger partial charge in [-0.3, -0.25) is 0 Å². The molecule has 1 aliphatic carbocycles.